The molecule has 0 spiro atoms. The van der Waals surface area contributed by atoms with Crippen molar-refractivity contribution in [3.8, 4) is 0 Å². The van der Waals surface area contributed by atoms with Gasteiger partial charge in [0, 0.05) is 0 Å². The van der Waals surface area contributed by atoms with E-state index in [1.54, 1.807) is 0 Å². The molecule has 0 unspecified atom stereocenters. The van der Waals surface area contributed by atoms with Gasteiger partial charge in [-0.2, -0.15) is 0 Å². The van der Waals surface area contributed by atoms with Crippen molar-refractivity contribution < 1.29 is 0 Å². The van der Waals surface area contributed by atoms with E-state index in [4.69, 9.17) is 69.6 Å². The third-order valence-corrected chi connectivity index (χ3v) is 1.22. The first-order valence-corrected chi connectivity index (χ1v) is 4.31. The standard InChI is InChI=1S/C4H2Cl6/c5-3(6,7)1-2-4(8,9)10/h1-2H. The highest BCUT2D eigenvalue weighted by Gasteiger charge is 2.20. The van der Waals surface area contributed by atoms with E-state index in [1.165, 1.54) is 12.2 Å². The summed E-state index contributed by atoms with van der Waals surface area (Å²) in [5, 5.41) is 0. The monoisotopic (exact) mass is 260 g/mol. The zero-order chi connectivity index (χ0) is 8.41. The topological polar surface area (TPSA) is 0 Å². The van der Waals surface area contributed by atoms with Crippen LogP contribution in [0, 0.1) is 0 Å². The molecule has 0 radical (unpaired) electrons. The molecular weight excluding hydrogens is 261 g/mol. The summed E-state index contributed by atoms with van der Waals surface area (Å²) in [4.78, 5) is 0. The first kappa shape index (κ1) is 11.5. The van der Waals surface area contributed by atoms with Crippen LogP contribution in [0.2, 0.25) is 0 Å². The Morgan fingerprint density at radius 3 is 0.900 bits per heavy atom. The summed E-state index contributed by atoms with van der Waals surface area (Å²) in [6.07, 6.45) is 2.34. The molecule has 0 amide bonds. The number of allylic oxidation sites excluding steroid dienone is 2. The molecule has 60 valence electrons. The molecule has 0 aliphatic rings. The zero-order valence-electron chi connectivity index (χ0n) is 4.42. The molecule has 0 atom stereocenters. The van der Waals surface area contributed by atoms with Gasteiger partial charge in [-0.25, -0.2) is 0 Å². The van der Waals surface area contributed by atoms with E-state index in [0.29, 0.717) is 0 Å². The predicted octanol–water partition coefficient (Wildman–Crippen LogP) is 4.28. The van der Waals surface area contributed by atoms with E-state index in [9.17, 15) is 0 Å². The van der Waals surface area contributed by atoms with Gasteiger partial charge in [-0.1, -0.05) is 69.6 Å². The molecule has 0 fully saturated rings. The van der Waals surface area contributed by atoms with E-state index >= 15 is 0 Å². The molecule has 0 N–H and O–H groups in total. The number of halogens is 6. The van der Waals surface area contributed by atoms with Gasteiger partial charge in [0.25, 0.3) is 0 Å². The van der Waals surface area contributed by atoms with Crippen LogP contribution >= 0.6 is 69.6 Å². The molecule has 0 heterocycles. The molecule has 6 heteroatoms. The minimum absolute atomic E-state index is 1.17. The summed E-state index contributed by atoms with van der Waals surface area (Å²) in [7, 11) is 0. The third kappa shape index (κ3) is 9.48. The molecule has 0 rings (SSSR count). The normalized spacial score (nSPS) is 14.6. The Morgan fingerprint density at radius 2 is 0.800 bits per heavy atom. The van der Waals surface area contributed by atoms with Gasteiger partial charge < -0.3 is 0 Å². The molecule has 0 aromatic rings. The van der Waals surface area contributed by atoms with E-state index in [1.807, 2.05) is 0 Å². The lowest BCUT2D eigenvalue weighted by molar-refractivity contribution is 1.37. The minimum atomic E-state index is -1.51. The van der Waals surface area contributed by atoms with Crippen molar-refractivity contribution in [2.75, 3.05) is 0 Å². The van der Waals surface area contributed by atoms with Gasteiger partial charge in [-0.3, -0.25) is 0 Å². The van der Waals surface area contributed by atoms with E-state index in [-0.39, 0.29) is 0 Å². The summed E-state index contributed by atoms with van der Waals surface area (Å²) in [5.74, 6) is 0. The maximum Gasteiger partial charge on any atom is 0.209 e. The number of hydrogen-bond acceptors (Lipinski definition) is 0. The van der Waals surface area contributed by atoms with Crippen LogP contribution in [0.5, 0.6) is 0 Å². The summed E-state index contributed by atoms with van der Waals surface area (Å²) < 4.78 is -3.02. The highest BCUT2D eigenvalue weighted by molar-refractivity contribution is 6.70. The van der Waals surface area contributed by atoms with Crippen molar-refractivity contribution in [1.82, 2.24) is 0 Å². The zero-order valence-corrected chi connectivity index (χ0v) is 8.96. The van der Waals surface area contributed by atoms with Gasteiger partial charge in [-0.05, 0) is 12.2 Å². The summed E-state index contributed by atoms with van der Waals surface area (Å²) in [6.45, 7) is 0. The smallest absolute Gasteiger partial charge is 0.0791 e. The average molecular weight is 263 g/mol. The third-order valence-electron chi connectivity index (χ3n) is 0.461. The Hall–Kier alpha value is 1.48. The quantitative estimate of drug-likeness (QED) is 0.451. The van der Waals surface area contributed by atoms with Crippen LogP contribution in [0.3, 0.4) is 0 Å². The molecule has 0 nitrogen and oxygen atoms in total. The van der Waals surface area contributed by atoms with Gasteiger partial charge in [-0.15, -0.1) is 0 Å². The van der Waals surface area contributed by atoms with E-state index in [0.717, 1.165) is 0 Å². The Balaban J connectivity index is 4.01. The second kappa shape index (κ2) is 3.93. The fourth-order valence-corrected chi connectivity index (χ4v) is 0.567. The molecule has 0 bridgehead atoms. The van der Waals surface area contributed by atoms with Crippen molar-refractivity contribution in [2.24, 2.45) is 0 Å². The van der Waals surface area contributed by atoms with Crippen molar-refractivity contribution in [1.29, 1.82) is 0 Å². The molecule has 0 saturated heterocycles. The largest absolute Gasteiger partial charge is 0.209 e. The fraction of sp³-hybridized carbons (Fsp3) is 0.500. The second-order valence-electron chi connectivity index (χ2n) is 1.42. The van der Waals surface area contributed by atoms with Crippen LogP contribution in [0.25, 0.3) is 0 Å². The Labute approximate surface area is 89.0 Å². The van der Waals surface area contributed by atoms with Gasteiger partial charge in [0.15, 0.2) is 0 Å². The maximum atomic E-state index is 5.31. The van der Waals surface area contributed by atoms with Crippen LogP contribution in [0.1, 0.15) is 0 Å². The maximum absolute atomic E-state index is 5.31. The molecule has 0 aliphatic heterocycles. The fourth-order valence-electron chi connectivity index (χ4n) is 0.189. The van der Waals surface area contributed by atoms with Crippen molar-refractivity contribution >= 4 is 69.6 Å². The van der Waals surface area contributed by atoms with Gasteiger partial charge >= 0.3 is 0 Å². The molecule has 0 aromatic carbocycles. The first-order valence-electron chi connectivity index (χ1n) is 2.04. The molecular formula is C4H2Cl6. The van der Waals surface area contributed by atoms with Crippen molar-refractivity contribution in [3.63, 3.8) is 0 Å². The molecule has 0 aromatic heterocycles. The summed E-state index contributed by atoms with van der Waals surface area (Å²) >= 11 is 31.8. The SMILES string of the molecule is ClC(Cl)(Cl)C=CC(Cl)(Cl)Cl. The Morgan fingerprint density at radius 1 is 0.600 bits per heavy atom. The molecule has 0 aliphatic carbocycles. The predicted molar refractivity (Wildman–Crippen MR) is 49.7 cm³/mol. The van der Waals surface area contributed by atoms with Gasteiger partial charge in [0.05, 0.1) is 0 Å². The molecule has 10 heavy (non-hydrogen) atoms. The number of rotatable bonds is 0. The number of hydrogen-bond donors (Lipinski definition) is 0. The van der Waals surface area contributed by atoms with Crippen LogP contribution in [-0.4, -0.2) is 7.59 Å². The van der Waals surface area contributed by atoms with Crippen LogP contribution < -0.4 is 0 Å². The molecule has 0 saturated carbocycles. The van der Waals surface area contributed by atoms with Crippen LogP contribution in [-0.2, 0) is 0 Å². The van der Waals surface area contributed by atoms with Crippen LogP contribution in [0.15, 0.2) is 12.2 Å². The van der Waals surface area contributed by atoms with Crippen molar-refractivity contribution in [3.05, 3.63) is 12.2 Å². The lowest BCUT2D eigenvalue weighted by atomic mass is 10.6. The van der Waals surface area contributed by atoms with Crippen molar-refractivity contribution in [2.45, 2.75) is 7.59 Å². The average Bonchev–Trinajstić information content (AvgIpc) is 1.57. The highest BCUT2D eigenvalue weighted by atomic mass is 35.6. The summed E-state index contributed by atoms with van der Waals surface area (Å²) in [5.41, 5.74) is 0. The van der Waals surface area contributed by atoms with Gasteiger partial charge in [0.1, 0.15) is 0 Å². The first-order chi connectivity index (χ1) is 4.21. The minimum Gasteiger partial charge on any atom is -0.0791 e. The Bertz CT molecular complexity index is 110. The van der Waals surface area contributed by atoms with Gasteiger partial charge in [0.2, 0.25) is 7.59 Å². The van der Waals surface area contributed by atoms with Crippen LogP contribution in [0.4, 0.5) is 0 Å². The lowest BCUT2D eigenvalue weighted by Crippen LogP contribution is -2.00. The van der Waals surface area contributed by atoms with E-state index in [2.05, 4.69) is 0 Å². The highest BCUT2D eigenvalue weighted by Crippen LogP contribution is 2.33. The Kier molecular flexibility index (Phi) is 4.51. The lowest BCUT2D eigenvalue weighted by Gasteiger charge is -2.06. The number of alkyl halides is 6. The van der Waals surface area contributed by atoms with E-state index < -0.39 is 7.59 Å². The second-order valence-corrected chi connectivity index (χ2v) is 6.15. The summed E-state index contributed by atoms with van der Waals surface area (Å²) in [6, 6.07) is 0.